The molecule has 0 saturated carbocycles. The van der Waals surface area contributed by atoms with Crippen LogP contribution < -0.4 is 4.74 Å². The molecule has 10 heteroatoms. The first-order valence-corrected chi connectivity index (χ1v) is 9.56. The van der Waals surface area contributed by atoms with E-state index >= 15 is 0 Å². The molecule has 3 heterocycles. The summed E-state index contributed by atoms with van der Waals surface area (Å²) in [5.41, 5.74) is 1.52. The molecule has 152 valence electrons. The predicted octanol–water partition coefficient (Wildman–Crippen LogP) is 4.97. The number of nitrogens with zero attached hydrogens (tertiary/aromatic N) is 3. The van der Waals surface area contributed by atoms with E-state index < -0.39 is 12.5 Å². The molecule has 3 aromatic rings. The third-order valence-corrected chi connectivity index (χ3v) is 5.95. The standard InChI is InChI=1S/C19H16Cl2F2N4O2/c1-8-13-12(26-16-14(13)10(17(22)23)5-11(20)15(16)21)3-4-27(8)19(28)18-24-6-9(29-2)7-25-18/h5-8,17,26H,3-4H2,1-2H3/t8-/m0/s1. The lowest BCUT2D eigenvalue weighted by atomic mass is 9.94. The average Bonchev–Trinajstić information content (AvgIpc) is 3.11. The third-order valence-electron chi connectivity index (χ3n) is 5.16. The number of halogens is 4. The monoisotopic (exact) mass is 440 g/mol. The Bertz CT molecular complexity index is 1100. The quantitative estimate of drug-likeness (QED) is 0.623. The number of fused-ring (bicyclic) bond motifs is 3. The highest BCUT2D eigenvalue weighted by Crippen LogP contribution is 2.44. The minimum absolute atomic E-state index is 0.0103. The Morgan fingerprint density at radius 3 is 2.66 bits per heavy atom. The molecular formula is C19H16Cl2F2N4O2. The smallest absolute Gasteiger partial charge is 0.292 e. The number of aromatic nitrogens is 3. The molecule has 1 amide bonds. The fraction of sp³-hybridized carbons (Fsp3) is 0.316. The van der Waals surface area contributed by atoms with Crippen molar-refractivity contribution in [1.29, 1.82) is 0 Å². The molecule has 0 unspecified atom stereocenters. The van der Waals surface area contributed by atoms with Crippen molar-refractivity contribution in [1.82, 2.24) is 19.9 Å². The molecule has 0 spiro atoms. The zero-order chi connectivity index (χ0) is 20.9. The van der Waals surface area contributed by atoms with Crippen molar-refractivity contribution in [3.63, 3.8) is 0 Å². The van der Waals surface area contributed by atoms with Crippen molar-refractivity contribution in [2.45, 2.75) is 25.8 Å². The van der Waals surface area contributed by atoms with Gasteiger partial charge in [-0.05, 0) is 13.0 Å². The first-order valence-electron chi connectivity index (χ1n) is 8.81. The van der Waals surface area contributed by atoms with E-state index in [1.165, 1.54) is 25.6 Å². The summed E-state index contributed by atoms with van der Waals surface area (Å²) in [6.45, 7) is 2.16. The van der Waals surface area contributed by atoms with Crippen molar-refractivity contribution in [3.05, 3.63) is 51.2 Å². The second kappa shape index (κ2) is 7.42. The van der Waals surface area contributed by atoms with Crippen molar-refractivity contribution in [2.24, 2.45) is 0 Å². The maximum atomic E-state index is 13.7. The Morgan fingerprint density at radius 2 is 2.03 bits per heavy atom. The summed E-state index contributed by atoms with van der Waals surface area (Å²) in [4.78, 5) is 25.8. The van der Waals surface area contributed by atoms with E-state index in [4.69, 9.17) is 27.9 Å². The van der Waals surface area contributed by atoms with E-state index in [2.05, 4.69) is 15.0 Å². The number of hydrogen-bond acceptors (Lipinski definition) is 4. The summed E-state index contributed by atoms with van der Waals surface area (Å²) in [6, 6.07) is 0.700. The number of alkyl halides is 2. The van der Waals surface area contributed by atoms with Crippen molar-refractivity contribution in [2.75, 3.05) is 13.7 Å². The second-order valence-electron chi connectivity index (χ2n) is 6.70. The summed E-state index contributed by atoms with van der Waals surface area (Å²) in [7, 11) is 1.48. The van der Waals surface area contributed by atoms with Crippen LogP contribution in [-0.4, -0.2) is 39.4 Å². The van der Waals surface area contributed by atoms with Gasteiger partial charge in [0, 0.05) is 35.2 Å². The molecule has 0 aliphatic carbocycles. The van der Waals surface area contributed by atoms with Crippen LogP contribution in [0.4, 0.5) is 8.78 Å². The first kappa shape index (κ1) is 19.8. The molecule has 1 N–H and O–H groups in total. The lowest BCUT2D eigenvalue weighted by Gasteiger charge is -2.33. The predicted molar refractivity (Wildman–Crippen MR) is 105 cm³/mol. The number of carbonyl (C=O) groups excluding carboxylic acids is 1. The fourth-order valence-corrected chi connectivity index (χ4v) is 4.18. The Hall–Kier alpha value is -2.45. The zero-order valence-corrected chi connectivity index (χ0v) is 17.0. The van der Waals surface area contributed by atoms with Crippen LogP contribution in [0.5, 0.6) is 5.75 Å². The normalized spacial score (nSPS) is 16.4. The fourth-order valence-electron chi connectivity index (χ4n) is 3.77. The van der Waals surface area contributed by atoms with Gasteiger partial charge in [-0.15, -0.1) is 0 Å². The number of carbonyl (C=O) groups is 1. The number of rotatable bonds is 3. The molecule has 2 aromatic heterocycles. The molecule has 0 radical (unpaired) electrons. The third kappa shape index (κ3) is 3.20. The number of H-pyrrole nitrogens is 1. The van der Waals surface area contributed by atoms with Gasteiger partial charge in [-0.25, -0.2) is 18.7 Å². The van der Waals surface area contributed by atoms with E-state index in [0.29, 0.717) is 35.2 Å². The molecular weight excluding hydrogens is 425 g/mol. The number of benzene rings is 1. The van der Waals surface area contributed by atoms with Gasteiger partial charge in [0.25, 0.3) is 12.3 Å². The topological polar surface area (TPSA) is 71.1 Å². The second-order valence-corrected chi connectivity index (χ2v) is 7.49. The number of hydrogen-bond donors (Lipinski definition) is 1. The van der Waals surface area contributed by atoms with Gasteiger partial charge in [-0.1, -0.05) is 23.2 Å². The van der Waals surface area contributed by atoms with Gasteiger partial charge >= 0.3 is 0 Å². The Labute approximate surface area is 174 Å². The summed E-state index contributed by atoms with van der Waals surface area (Å²) in [5.74, 6) is 0.0511. The number of amides is 1. The maximum Gasteiger partial charge on any atom is 0.292 e. The lowest BCUT2D eigenvalue weighted by molar-refractivity contribution is 0.0665. The molecule has 6 nitrogen and oxygen atoms in total. The van der Waals surface area contributed by atoms with Crippen LogP contribution in [0.15, 0.2) is 18.5 Å². The van der Waals surface area contributed by atoms with Crippen molar-refractivity contribution < 1.29 is 18.3 Å². The summed E-state index contributed by atoms with van der Waals surface area (Å²) in [6.07, 6.45) is 0.522. The zero-order valence-electron chi connectivity index (χ0n) is 15.5. The SMILES string of the molecule is COc1cnc(C(=O)N2CCc3[nH]c4c(Cl)c(Cl)cc(C(F)F)c4c3[C@@H]2C)nc1. The maximum absolute atomic E-state index is 13.7. The minimum atomic E-state index is -2.74. The van der Waals surface area contributed by atoms with E-state index in [1.807, 2.05) is 0 Å². The molecule has 0 bridgehead atoms. The molecule has 1 aliphatic heterocycles. The molecule has 29 heavy (non-hydrogen) atoms. The van der Waals surface area contributed by atoms with Crippen molar-refractivity contribution in [3.8, 4) is 5.75 Å². The largest absolute Gasteiger partial charge is 0.494 e. The summed E-state index contributed by atoms with van der Waals surface area (Å²) >= 11 is 12.3. The van der Waals surface area contributed by atoms with Gasteiger partial charge in [0.1, 0.15) is 0 Å². The van der Waals surface area contributed by atoms with Crippen LogP contribution in [0, 0.1) is 0 Å². The van der Waals surface area contributed by atoms with Gasteiger partial charge in [0.05, 0.1) is 41.1 Å². The molecule has 1 aromatic carbocycles. The van der Waals surface area contributed by atoms with Gasteiger partial charge in [0.2, 0.25) is 5.82 Å². The number of nitrogens with one attached hydrogen (secondary N) is 1. The van der Waals surface area contributed by atoms with Gasteiger partial charge < -0.3 is 14.6 Å². The lowest BCUT2D eigenvalue weighted by Crippen LogP contribution is -2.39. The van der Waals surface area contributed by atoms with E-state index in [-0.39, 0.29) is 27.3 Å². The van der Waals surface area contributed by atoms with Gasteiger partial charge in [-0.2, -0.15) is 0 Å². The van der Waals surface area contributed by atoms with Crippen LogP contribution in [0.1, 0.15) is 46.8 Å². The Balaban J connectivity index is 1.80. The van der Waals surface area contributed by atoms with Crippen LogP contribution in [0.3, 0.4) is 0 Å². The average molecular weight is 441 g/mol. The highest BCUT2D eigenvalue weighted by molar-refractivity contribution is 6.45. The summed E-state index contributed by atoms with van der Waals surface area (Å²) < 4.78 is 32.5. The highest BCUT2D eigenvalue weighted by atomic mass is 35.5. The molecule has 1 aliphatic rings. The van der Waals surface area contributed by atoms with E-state index in [9.17, 15) is 13.6 Å². The molecule has 0 saturated heterocycles. The van der Waals surface area contributed by atoms with E-state index in [0.717, 1.165) is 5.69 Å². The van der Waals surface area contributed by atoms with E-state index in [1.54, 1.807) is 11.8 Å². The van der Waals surface area contributed by atoms with Crippen molar-refractivity contribution >= 4 is 40.0 Å². The minimum Gasteiger partial charge on any atom is -0.494 e. The first-order chi connectivity index (χ1) is 13.8. The van der Waals surface area contributed by atoms with Crippen LogP contribution >= 0.6 is 23.2 Å². The van der Waals surface area contributed by atoms with Crippen LogP contribution in [-0.2, 0) is 6.42 Å². The number of ether oxygens (including phenoxy) is 1. The number of aromatic amines is 1. The Kier molecular flexibility index (Phi) is 5.08. The van der Waals surface area contributed by atoms with Crippen LogP contribution in [0.2, 0.25) is 10.0 Å². The number of methoxy groups -OCH3 is 1. The summed E-state index contributed by atoms with van der Waals surface area (Å²) in [5, 5.41) is 0.550. The van der Waals surface area contributed by atoms with Gasteiger partial charge in [0.15, 0.2) is 5.75 Å². The highest BCUT2D eigenvalue weighted by Gasteiger charge is 2.34. The molecule has 0 fully saturated rings. The molecule has 4 rings (SSSR count). The molecule has 1 atom stereocenters. The van der Waals surface area contributed by atoms with Crippen LogP contribution in [0.25, 0.3) is 10.9 Å². The Morgan fingerprint density at radius 1 is 1.34 bits per heavy atom. The van der Waals surface area contributed by atoms with Gasteiger partial charge in [-0.3, -0.25) is 4.79 Å².